The SMILES string of the molecule is CCC(O)c1ccc(OCC(=O)NCC2CCC2)cc1. The Morgan fingerprint density at radius 2 is 2.10 bits per heavy atom. The van der Waals surface area contributed by atoms with Crippen molar-refractivity contribution in [1.82, 2.24) is 5.32 Å². The molecule has 2 rings (SSSR count). The van der Waals surface area contributed by atoms with Crippen LogP contribution in [-0.2, 0) is 4.79 Å². The Labute approximate surface area is 120 Å². The molecule has 0 radical (unpaired) electrons. The summed E-state index contributed by atoms with van der Waals surface area (Å²) in [6.07, 6.45) is 3.98. The molecule has 1 aliphatic carbocycles. The minimum atomic E-state index is -0.435. The van der Waals surface area contributed by atoms with E-state index in [2.05, 4.69) is 5.32 Å². The van der Waals surface area contributed by atoms with Gasteiger partial charge in [0.2, 0.25) is 0 Å². The van der Waals surface area contributed by atoms with Gasteiger partial charge in [-0.05, 0) is 42.9 Å². The van der Waals surface area contributed by atoms with E-state index in [1.807, 2.05) is 19.1 Å². The van der Waals surface area contributed by atoms with Crippen LogP contribution in [0.25, 0.3) is 0 Å². The zero-order valence-corrected chi connectivity index (χ0v) is 12.0. The summed E-state index contributed by atoms with van der Waals surface area (Å²) in [5, 5.41) is 12.6. The van der Waals surface area contributed by atoms with E-state index in [9.17, 15) is 9.90 Å². The van der Waals surface area contributed by atoms with E-state index < -0.39 is 6.10 Å². The number of carbonyl (C=O) groups excluding carboxylic acids is 1. The average Bonchev–Trinajstić information content (AvgIpc) is 2.43. The fourth-order valence-electron chi connectivity index (χ4n) is 2.18. The summed E-state index contributed by atoms with van der Waals surface area (Å²) in [7, 11) is 0. The maximum absolute atomic E-state index is 11.6. The van der Waals surface area contributed by atoms with Crippen LogP contribution in [0.3, 0.4) is 0 Å². The minimum absolute atomic E-state index is 0.0440. The quantitative estimate of drug-likeness (QED) is 0.804. The number of benzene rings is 1. The van der Waals surface area contributed by atoms with Crippen LogP contribution >= 0.6 is 0 Å². The Morgan fingerprint density at radius 1 is 1.40 bits per heavy atom. The zero-order chi connectivity index (χ0) is 14.4. The highest BCUT2D eigenvalue weighted by atomic mass is 16.5. The van der Waals surface area contributed by atoms with Crippen molar-refractivity contribution in [3.05, 3.63) is 29.8 Å². The predicted octanol–water partition coefficient (Wildman–Crippen LogP) is 2.43. The Balaban J connectivity index is 1.71. The number of hydrogen-bond donors (Lipinski definition) is 2. The first-order chi connectivity index (χ1) is 9.69. The van der Waals surface area contributed by atoms with E-state index in [-0.39, 0.29) is 12.5 Å². The van der Waals surface area contributed by atoms with Crippen LogP contribution in [0.4, 0.5) is 0 Å². The Hall–Kier alpha value is -1.55. The van der Waals surface area contributed by atoms with E-state index >= 15 is 0 Å². The molecule has 0 aromatic heterocycles. The first-order valence-corrected chi connectivity index (χ1v) is 7.36. The molecule has 0 bridgehead atoms. The fourth-order valence-corrected chi connectivity index (χ4v) is 2.18. The molecule has 1 atom stereocenters. The van der Waals surface area contributed by atoms with Crippen molar-refractivity contribution < 1.29 is 14.6 Å². The molecular weight excluding hydrogens is 254 g/mol. The summed E-state index contributed by atoms with van der Waals surface area (Å²) in [5.74, 6) is 1.24. The van der Waals surface area contributed by atoms with Gasteiger partial charge < -0.3 is 15.2 Å². The Morgan fingerprint density at radius 3 is 2.65 bits per heavy atom. The normalized spacial score (nSPS) is 16.3. The Bertz CT molecular complexity index is 426. The highest BCUT2D eigenvalue weighted by Crippen LogP contribution is 2.25. The first kappa shape index (κ1) is 14.9. The largest absolute Gasteiger partial charge is 0.484 e. The molecule has 4 heteroatoms. The molecule has 0 aliphatic heterocycles. The number of nitrogens with one attached hydrogen (secondary N) is 1. The van der Waals surface area contributed by atoms with Gasteiger partial charge >= 0.3 is 0 Å². The van der Waals surface area contributed by atoms with Gasteiger partial charge in [-0.3, -0.25) is 4.79 Å². The standard InChI is InChI=1S/C16H23NO3/c1-2-15(18)13-6-8-14(9-7-13)20-11-16(19)17-10-12-4-3-5-12/h6-9,12,15,18H,2-5,10-11H2,1H3,(H,17,19). The highest BCUT2D eigenvalue weighted by molar-refractivity contribution is 5.77. The van der Waals surface area contributed by atoms with Crippen molar-refractivity contribution in [3.8, 4) is 5.75 Å². The topological polar surface area (TPSA) is 58.6 Å². The van der Waals surface area contributed by atoms with Crippen molar-refractivity contribution in [2.24, 2.45) is 5.92 Å². The van der Waals surface area contributed by atoms with Gasteiger partial charge in [-0.15, -0.1) is 0 Å². The molecule has 0 heterocycles. The van der Waals surface area contributed by atoms with Crippen LogP contribution < -0.4 is 10.1 Å². The van der Waals surface area contributed by atoms with E-state index in [0.29, 0.717) is 18.1 Å². The lowest BCUT2D eigenvalue weighted by atomic mass is 9.85. The van der Waals surface area contributed by atoms with E-state index in [4.69, 9.17) is 4.74 Å². The third kappa shape index (κ3) is 4.23. The maximum Gasteiger partial charge on any atom is 0.257 e. The summed E-state index contributed by atoms with van der Waals surface area (Å²) in [4.78, 5) is 11.6. The third-order valence-corrected chi connectivity index (χ3v) is 3.83. The van der Waals surface area contributed by atoms with Crippen molar-refractivity contribution in [3.63, 3.8) is 0 Å². The molecule has 0 saturated heterocycles. The monoisotopic (exact) mass is 277 g/mol. The third-order valence-electron chi connectivity index (χ3n) is 3.83. The number of rotatable bonds is 7. The second-order valence-electron chi connectivity index (χ2n) is 5.38. The summed E-state index contributed by atoms with van der Waals surface area (Å²) >= 11 is 0. The molecule has 1 unspecified atom stereocenters. The highest BCUT2D eigenvalue weighted by Gasteiger charge is 2.17. The van der Waals surface area contributed by atoms with E-state index in [1.165, 1.54) is 19.3 Å². The molecule has 2 N–H and O–H groups in total. The Kier molecular flexibility index (Phi) is 5.41. The smallest absolute Gasteiger partial charge is 0.257 e. The second-order valence-corrected chi connectivity index (χ2v) is 5.38. The maximum atomic E-state index is 11.6. The summed E-state index contributed by atoms with van der Waals surface area (Å²) < 4.78 is 5.43. The zero-order valence-electron chi connectivity index (χ0n) is 12.0. The van der Waals surface area contributed by atoms with Gasteiger partial charge in [-0.25, -0.2) is 0 Å². The molecule has 1 fully saturated rings. The minimum Gasteiger partial charge on any atom is -0.484 e. The predicted molar refractivity (Wildman–Crippen MR) is 77.5 cm³/mol. The van der Waals surface area contributed by atoms with E-state index in [1.54, 1.807) is 12.1 Å². The lowest BCUT2D eigenvalue weighted by molar-refractivity contribution is -0.123. The number of ether oxygens (including phenoxy) is 1. The van der Waals surface area contributed by atoms with Crippen LogP contribution in [0.2, 0.25) is 0 Å². The van der Waals surface area contributed by atoms with Gasteiger partial charge in [0.25, 0.3) is 5.91 Å². The number of hydrogen-bond acceptors (Lipinski definition) is 3. The summed E-state index contributed by atoms with van der Waals surface area (Å²) in [5.41, 5.74) is 0.870. The van der Waals surface area contributed by atoms with Gasteiger partial charge in [-0.1, -0.05) is 25.5 Å². The van der Waals surface area contributed by atoms with Crippen LogP contribution in [0.15, 0.2) is 24.3 Å². The number of aliphatic hydroxyl groups is 1. The number of amides is 1. The van der Waals surface area contributed by atoms with Gasteiger partial charge in [-0.2, -0.15) is 0 Å². The molecule has 1 aliphatic rings. The van der Waals surface area contributed by atoms with Gasteiger partial charge in [0.15, 0.2) is 6.61 Å². The van der Waals surface area contributed by atoms with Crippen LogP contribution in [0.5, 0.6) is 5.75 Å². The summed E-state index contributed by atoms with van der Waals surface area (Å²) in [6.45, 7) is 2.74. The molecule has 1 saturated carbocycles. The van der Waals surface area contributed by atoms with Gasteiger partial charge in [0, 0.05) is 6.54 Å². The van der Waals surface area contributed by atoms with Gasteiger partial charge in [0.05, 0.1) is 6.10 Å². The second kappa shape index (κ2) is 7.29. The molecule has 110 valence electrons. The molecule has 1 aromatic carbocycles. The molecule has 4 nitrogen and oxygen atoms in total. The number of aliphatic hydroxyl groups excluding tert-OH is 1. The van der Waals surface area contributed by atoms with Gasteiger partial charge in [0.1, 0.15) is 5.75 Å². The lowest BCUT2D eigenvalue weighted by Gasteiger charge is -2.25. The molecule has 0 spiro atoms. The summed E-state index contributed by atoms with van der Waals surface area (Å²) in [6, 6.07) is 7.23. The molecule has 20 heavy (non-hydrogen) atoms. The van der Waals surface area contributed by atoms with Crippen LogP contribution in [0.1, 0.15) is 44.3 Å². The van der Waals surface area contributed by atoms with Crippen molar-refractivity contribution in [1.29, 1.82) is 0 Å². The van der Waals surface area contributed by atoms with Crippen LogP contribution in [0, 0.1) is 5.92 Å². The van der Waals surface area contributed by atoms with Crippen molar-refractivity contribution in [2.45, 2.75) is 38.7 Å². The average molecular weight is 277 g/mol. The van der Waals surface area contributed by atoms with Crippen LogP contribution in [-0.4, -0.2) is 24.2 Å². The van der Waals surface area contributed by atoms with Crippen molar-refractivity contribution in [2.75, 3.05) is 13.2 Å². The van der Waals surface area contributed by atoms with E-state index in [0.717, 1.165) is 12.1 Å². The fraction of sp³-hybridized carbons (Fsp3) is 0.562. The van der Waals surface area contributed by atoms with Crippen molar-refractivity contribution >= 4 is 5.91 Å². The lowest BCUT2D eigenvalue weighted by Crippen LogP contribution is -2.35. The molecule has 1 aromatic rings. The number of carbonyl (C=O) groups is 1. The molecule has 1 amide bonds. The molecular formula is C16H23NO3. The first-order valence-electron chi connectivity index (χ1n) is 7.36.